The lowest BCUT2D eigenvalue weighted by Gasteiger charge is -2.37. The molecular weight excluding hydrogens is 461 g/mol. The predicted molar refractivity (Wildman–Crippen MR) is 127 cm³/mol. The SMILES string of the molecule is CN(C)C(=O)N1CCN(c2cc(SNC3(O)CC3)cn3c(C(=O)NC4CC(F)C4)cnc23)CC1. The molecule has 1 saturated heterocycles. The number of anilines is 1. The fraction of sp³-hybridized carbons (Fsp3) is 0.591. The first-order valence-electron chi connectivity index (χ1n) is 11.6. The summed E-state index contributed by atoms with van der Waals surface area (Å²) in [6.07, 6.45) is 4.61. The maximum atomic E-state index is 13.2. The minimum atomic E-state index is -0.848. The number of carbonyl (C=O) groups is 2. The Labute approximate surface area is 201 Å². The minimum Gasteiger partial charge on any atom is -0.375 e. The largest absolute Gasteiger partial charge is 0.375 e. The zero-order chi connectivity index (χ0) is 24.0. The summed E-state index contributed by atoms with van der Waals surface area (Å²) in [5, 5.41) is 13.1. The van der Waals surface area contributed by atoms with Crippen LogP contribution in [0.4, 0.5) is 14.9 Å². The van der Waals surface area contributed by atoms with E-state index in [2.05, 4.69) is 19.9 Å². The van der Waals surface area contributed by atoms with Gasteiger partial charge in [-0.3, -0.25) is 9.20 Å². The average molecular weight is 492 g/mol. The smallest absolute Gasteiger partial charge is 0.319 e. The van der Waals surface area contributed by atoms with Crippen LogP contribution in [-0.4, -0.2) is 94.4 Å². The molecule has 3 heterocycles. The summed E-state index contributed by atoms with van der Waals surface area (Å²) < 4.78 is 18.1. The van der Waals surface area contributed by atoms with Crippen molar-refractivity contribution < 1.29 is 19.1 Å². The number of nitrogens with one attached hydrogen (secondary N) is 2. The van der Waals surface area contributed by atoms with Crippen molar-refractivity contribution in [3.05, 3.63) is 24.2 Å². The van der Waals surface area contributed by atoms with E-state index in [-0.39, 0.29) is 18.0 Å². The van der Waals surface area contributed by atoms with Gasteiger partial charge in [-0.25, -0.2) is 18.9 Å². The molecule has 2 aliphatic carbocycles. The number of hydrogen-bond acceptors (Lipinski definition) is 7. The maximum absolute atomic E-state index is 13.2. The third kappa shape index (κ3) is 4.66. The number of alkyl halides is 1. The molecule has 184 valence electrons. The number of urea groups is 1. The normalized spacial score (nSPS) is 23.5. The number of piperazine rings is 1. The van der Waals surface area contributed by atoms with Crippen molar-refractivity contribution >= 4 is 35.2 Å². The lowest BCUT2D eigenvalue weighted by Crippen LogP contribution is -2.51. The molecule has 3 amide bonds. The number of amides is 3. The summed E-state index contributed by atoms with van der Waals surface area (Å²) in [6, 6.07) is 1.83. The summed E-state index contributed by atoms with van der Waals surface area (Å²) in [5.41, 5.74) is 1.04. The number of aliphatic hydroxyl groups is 1. The van der Waals surface area contributed by atoms with E-state index in [1.54, 1.807) is 29.6 Å². The van der Waals surface area contributed by atoms with Crippen LogP contribution in [0.5, 0.6) is 0 Å². The zero-order valence-electron chi connectivity index (χ0n) is 19.3. The Hall–Kier alpha value is -2.57. The van der Waals surface area contributed by atoms with Gasteiger partial charge in [-0.15, -0.1) is 0 Å². The third-order valence-electron chi connectivity index (χ3n) is 6.57. The summed E-state index contributed by atoms with van der Waals surface area (Å²) >= 11 is 1.32. The number of carbonyl (C=O) groups excluding carboxylic acids is 2. The van der Waals surface area contributed by atoms with Gasteiger partial charge >= 0.3 is 6.03 Å². The molecule has 1 aliphatic heterocycles. The summed E-state index contributed by atoms with van der Waals surface area (Å²) in [4.78, 5) is 36.2. The van der Waals surface area contributed by atoms with Crippen LogP contribution in [0.25, 0.3) is 5.65 Å². The van der Waals surface area contributed by atoms with Gasteiger partial charge in [-0.2, -0.15) is 0 Å². The zero-order valence-corrected chi connectivity index (χ0v) is 20.1. The number of nitrogens with zero attached hydrogens (tertiary/aromatic N) is 5. The van der Waals surface area contributed by atoms with E-state index in [1.807, 2.05) is 17.2 Å². The quantitative estimate of drug-likeness (QED) is 0.415. The molecule has 2 saturated carbocycles. The van der Waals surface area contributed by atoms with Crippen molar-refractivity contribution in [2.75, 3.05) is 45.2 Å². The molecule has 0 radical (unpaired) electrons. The Kier molecular flexibility index (Phi) is 6.07. The van der Waals surface area contributed by atoms with Crippen LogP contribution in [0, 0.1) is 0 Å². The van der Waals surface area contributed by atoms with Crippen LogP contribution in [0.3, 0.4) is 0 Å². The molecule has 0 bridgehead atoms. The second-order valence-electron chi connectivity index (χ2n) is 9.52. The number of halogens is 1. The molecule has 3 N–H and O–H groups in total. The van der Waals surface area contributed by atoms with Gasteiger partial charge in [-0.05, 0) is 43.7 Å². The van der Waals surface area contributed by atoms with Crippen LogP contribution in [0.1, 0.15) is 36.2 Å². The van der Waals surface area contributed by atoms with Crippen molar-refractivity contribution in [2.24, 2.45) is 0 Å². The van der Waals surface area contributed by atoms with E-state index in [4.69, 9.17) is 0 Å². The lowest BCUT2D eigenvalue weighted by atomic mass is 9.91. The van der Waals surface area contributed by atoms with Crippen LogP contribution in [-0.2, 0) is 0 Å². The van der Waals surface area contributed by atoms with Gasteiger partial charge in [0.1, 0.15) is 17.6 Å². The highest BCUT2D eigenvalue weighted by molar-refractivity contribution is 7.97. The van der Waals surface area contributed by atoms with Crippen molar-refractivity contribution in [3.63, 3.8) is 0 Å². The van der Waals surface area contributed by atoms with Crippen molar-refractivity contribution in [2.45, 2.75) is 48.5 Å². The molecule has 10 nitrogen and oxygen atoms in total. The first kappa shape index (κ1) is 23.2. The molecule has 5 rings (SSSR count). The van der Waals surface area contributed by atoms with Crippen LogP contribution in [0.15, 0.2) is 23.4 Å². The Balaban J connectivity index is 1.41. The van der Waals surface area contributed by atoms with Crippen LogP contribution >= 0.6 is 11.9 Å². The molecule has 2 aromatic rings. The van der Waals surface area contributed by atoms with Gasteiger partial charge in [0, 0.05) is 57.4 Å². The van der Waals surface area contributed by atoms with E-state index in [1.165, 1.54) is 11.9 Å². The van der Waals surface area contributed by atoms with Gasteiger partial charge in [0.25, 0.3) is 5.91 Å². The van der Waals surface area contributed by atoms with E-state index in [9.17, 15) is 19.1 Å². The first-order chi connectivity index (χ1) is 16.2. The Morgan fingerprint density at radius 1 is 1.24 bits per heavy atom. The van der Waals surface area contributed by atoms with Gasteiger partial charge in [0.2, 0.25) is 0 Å². The molecule has 0 atom stereocenters. The summed E-state index contributed by atoms with van der Waals surface area (Å²) in [5.74, 6) is -0.285. The van der Waals surface area contributed by atoms with Crippen molar-refractivity contribution in [1.82, 2.24) is 29.2 Å². The van der Waals surface area contributed by atoms with Gasteiger partial charge < -0.3 is 25.1 Å². The number of hydrogen-bond donors (Lipinski definition) is 3. The van der Waals surface area contributed by atoms with Crippen LogP contribution in [0.2, 0.25) is 0 Å². The molecule has 2 aromatic heterocycles. The number of aromatic nitrogens is 2. The molecule has 12 heteroatoms. The molecule has 34 heavy (non-hydrogen) atoms. The lowest BCUT2D eigenvalue weighted by molar-refractivity contribution is 0.0854. The Morgan fingerprint density at radius 3 is 2.56 bits per heavy atom. The van der Waals surface area contributed by atoms with Crippen molar-refractivity contribution in [3.8, 4) is 0 Å². The maximum Gasteiger partial charge on any atom is 0.319 e. The molecular formula is C22H30FN7O3S. The predicted octanol–water partition coefficient (Wildman–Crippen LogP) is 1.45. The second-order valence-corrected chi connectivity index (χ2v) is 10.4. The van der Waals surface area contributed by atoms with Gasteiger partial charge in [0.05, 0.1) is 11.9 Å². The van der Waals surface area contributed by atoms with E-state index >= 15 is 0 Å². The van der Waals surface area contributed by atoms with Gasteiger partial charge in [0.15, 0.2) is 5.65 Å². The van der Waals surface area contributed by atoms with Crippen molar-refractivity contribution in [1.29, 1.82) is 0 Å². The van der Waals surface area contributed by atoms with E-state index in [0.717, 1.165) is 10.6 Å². The van der Waals surface area contributed by atoms with E-state index in [0.29, 0.717) is 63.2 Å². The molecule has 0 aromatic carbocycles. The Morgan fingerprint density at radius 2 is 1.94 bits per heavy atom. The van der Waals surface area contributed by atoms with Crippen LogP contribution < -0.4 is 14.9 Å². The highest BCUT2D eigenvalue weighted by atomic mass is 32.2. The topological polar surface area (TPSA) is 105 Å². The third-order valence-corrected chi connectivity index (χ3v) is 7.51. The minimum absolute atomic E-state index is 0.0118. The second kappa shape index (κ2) is 8.90. The number of rotatable bonds is 6. The first-order valence-corrected chi connectivity index (χ1v) is 12.4. The highest BCUT2D eigenvalue weighted by Gasteiger charge is 2.40. The Bertz CT molecular complexity index is 1090. The van der Waals surface area contributed by atoms with E-state index < -0.39 is 11.9 Å². The summed E-state index contributed by atoms with van der Waals surface area (Å²) in [7, 11) is 3.49. The number of fused-ring (bicyclic) bond motifs is 1. The highest BCUT2D eigenvalue weighted by Crippen LogP contribution is 2.36. The number of pyridine rings is 1. The number of imidazole rings is 1. The average Bonchev–Trinajstić information content (AvgIpc) is 3.38. The fourth-order valence-corrected chi connectivity index (χ4v) is 5.06. The fourth-order valence-electron chi connectivity index (χ4n) is 4.22. The molecule has 3 aliphatic rings. The standard InChI is InChI=1S/C22H30FN7O3S/c1-27(2)21(32)29-7-5-28(6-8-29)17-11-16(34-26-22(33)3-4-22)13-30-18(12-24-19(17)30)20(31)25-15-9-14(23)10-15/h11-15,26,33H,3-10H2,1-2H3,(H,25,31). The monoisotopic (exact) mass is 491 g/mol. The summed E-state index contributed by atoms with van der Waals surface area (Å²) in [6.45, 7) is 2.43. The van der Waals surface area contributed by atoms with Gasteiger partial charge in [-0.1, -0.05) is 0 Å². The molecule has 0 spiro atoms. The molecule has 3 fully saturated rings. The molecule has 0 unspecified atom stereocenters.